The van der Waals surface area contributed by atoms with Crippen LogP contribution in [0.2, 0.25) is 0 Å². The van der Waals surface area contributed by atoms with Crippen molar-refractivity contribution in [1.82, 2.24) is 0 Å². The SMILES string of the molecule is CCC(C)C(N)Cc1ccc(O)cc1. The Labute approximate surface area is 85.8 Å². The zero-order valence-electron chi connectivity index (χ0n) is 8.90. The molecule has 0 heterocycles. The highest BCUT2D eigenvalue weighted by Crippen LogP contribution is 2.14. The zero-order valence-corrected chi connectivity index (χ0v) is 8.90. The van der Waals surface area contributed by atoms with Crippen LogP contribution in [0.15, 0.2) is 24.3 Å². The first kappa shape index (κ1) is 11.1. The maximum absolute atomic E-state index is 9.11. The molecule has 2 unspecified atom stereocenters. The van der Waals surface area contributed by atoms with Gasteiger partial charge in [-0.1, -0.05) is 32.4 Å². The lowest BCUT2D eigenvalue weighted by Gasteiger charge is -2.18. The van der Waals surface area contributed by atoms with E-state index in [1.807, 2.05) is 12.1 Å². The van der Waals surface area contributed by atoms with Gasteiger partial charge >= 0.3 is 0 Å². The average Bonchev–Trinajstić information content (AvgIpc) is 2.20. The maximum atomic E-state index is 9.11. The lowest BCUT2D eigenvalue weighted by molar-refractivity contribution is 0.439. The van der Waals surface area contributed by atoms with Crippen molar-refractivity contribution in [2.24, 2.45) is 11.7 Å². The van der Waals surface area contributed by atoms with E-state index in [0.717, 1.165) is 12.8 Å². The largest absolute Gasteiger partial charge is 0.508 e. The molecule has 0 saturated heterocycles. The fraction of sp³-hybridized carbons (Fsp3) is 0.500. The number of rotatable bonds is 4. The van der Waals surface area contributed by atoms with E-state index in [0.29, 0.717) is 11.7 Å². The number of aromatic hydroxyl groups is 1. The van der Waals surface area contributed by atoms with E-state index < -0.39 is 0 Å². The number of phenolic OH excluding ortho intramolecular Hbond substituents is 1. The predicted molar refractivity (Wildman–Crippen MR) is 59.2 cm³/mol. The Morgan fingerprint density at radius 2 is 1.86 bits per heavy atom. The summed E-state index contributed by atoms with van der Waals surface area (Å²) in [6.45, 7) is 4.33. The number of hydrogen-bond donors (Lipinski definition) is 2. The second-order valence-electron chi connectivity index (χ2n) is 3.92. The summed E-state index contributed by atoms with van der Waals surface area (Å²) in [5.41, 5.74) is 7.23. The summed E-state index contributed by atoms with van der Waals surface area (Å²) in [7, 11) is 0. The van der Waals surface area contributed by atoms with Crippen LogP contribution in [0.3, 0.4) is 0 Å². The predicted octanol–water partition coefficient (Wildman–Crippen LogP) is 2.31. The second kappa shape index (κ2) is 5.01. The summed E-state index contributed by atoms with van der Waals surface area (Å²) in [5, 5.41) is 9.11. The van der Waals surface area contributed by atoms with Gasteiger partial charge in [0.15, 0.2) is 0 Å². The standard InChI is InChI=1S/C12H19NO/c1-3-9(2)12(13)8-10-4-6-11(14)7-5-10/h4-7,9,12,14H,3,8,13H2,1-2H3. The Kier molecular flexibility index (Phi) is 3.96. The van der Waals surface area contributed by atoms with Crippen molar-refractivity contribution in [3.8, 4) is 5.75 Å². The van der Waals surface area contributed by atoms with E-state index in [4.69, 9.17) is 10.8 Å². The minimum atomic E-state index is 0.213. The van der Waals surface area contributed by atoms with Crippen molar-refractivity contribution in [1.29, 1.82) is 0 Å². The normalized spacial score (nSPS) is 15.1. The van der Waals surface area contributed by atoms with Crippen LogP contribution in [0.1, 0.15) is 25.8 Å². The van der Waals surface area contributed by atoms with Gasteiger partial charge in [0.05, 0.1) is 0 Å². The van der Waals surface area contributed by atoms with Crippen molar-refractivity contribution in [2.75, 3.05) is 0 Å². The van der Waals surface area contributed by atoms with Crippen molar-refractivity contribution < 1.29 is 5.11 Å². The lowest BCUT2D eigenvalue weighted by atomic mass is 9.94. The first-order valence-corrected chi connectivity index (χ1v) is 5.17. The molecule has 0 fully saturated rings. The second-order valence-corrected chi connectivity index (χ2v) is 3.92. The van der Waals surface area contributed by atoms with Crippen molar-refractivity contribution in [2.45, 2.75) is 32.7 Å². The molecule has 14 heavy (non-hydrogen) atoms. The highest BCUT2D eigenvalue weighted by Gasteiger charge is 2.10. The molecule has 2 atom stereocenters. The maximum Gasteiger partial charge on any atom is 0.115 e. The number of nitrogens with two attached hydrogens (primary N) is 1. The molecular weight excluding hydrogens is 174 g/mol. The molecule has 78 valence electrons. The summed E-state index contributed by atoms with van der Waals surface area (Å²) >= 11 is 0. The van der Waals surface area contributed by atoms with Gasteiger partial charge in [0, 0.05) is 6.04 Å². The van der Waals surface area contributed by atoms with Crippen LogP contribution in [0.5, 0.6) is 5.75 Å². The molecule has 0 saturated carbocycles. The molecule has 3 N–H and O–H groups in total. The third-order valence-corrected chi connectivity index (χ3v) is 2.78. The molecule has 2 nitrogen and oxygen atoms in total. The monoisotopic (exact) mass is 193 g/mol. The Morgan fingerprint density at radius 3 is 2.36 bits per heavy atom. The van der Waals surface area contributed by atoms with Gasteiger partial charge in [0.1, 0.15) is 5.75 Å². The van der Waals surface area contributed by atoms with E-state index in [1.165, 1.54) is 5.56 Å². The smallest absolute Gasteiger partial charge is 0.115 e. The minimum Gasteiger partial charge on any atom is -0.508 e. The molecule has 0 spiro atoms. The molecule has 0 aliphatic heterocycles. The van der Waals surface area contributed by atoms with Gasteiger partial charge in [-0.05, 0) is 30.0 Å². The molecule has 0 bridgehead atoms. The zero-order chi connectivity index (χ0) is 10.6. The van der Waals surface area contributed by atoms with Crippen LogP contribution in [-0.4, -0.2) is 11.1 Å². The quantitative estimate of drug-likeness (QED) is 0.770. The molecule has 1 aromatic rings. The van der Waals surface area contributed by atoms with Gasteiger partial charge in [0.25, 0.3) is 0 Å². The summed E-state index contributed by atoms with van der Waals surface area (Å²) < 4.78 is 0. The van der Waals surface area contributed by atoms with E-state index in [1.54, 1.807) is 12.1 Å². The van der Waals surface area contributed by atoms with Gasteiger partial charge in [-0.3, -0.25) is 0 Å². The third-order valence-electron chi connectivity index (χ3n) is 2.78. The van der Waals surface area contributed by atoms with Gasteiger partial charge in [0.2, 0.25) is 0 Å². The molecular formula is C12H19NO. The van der Waals surface area contributed by atoms with Crippen LogP contribution >= 0.6 is 0 Å². The molecule has 0 radical (unpaired) electrons. The molecule has 1 rings (SSSR count). The van der Waals surface area contributed by atoms with Gasteiger partial charge in [-0.15, -0.1) is 0 Å². The fourth-order valence-corrected chi connectivity index (χ4v) is 1.41. The van der Waals surface area contributed by atoms with E-state index in [9.17, 15) is 0 Å². The minimum absolute atomic E-state index is 0.213. The van der Waals surface area contributed by atoms with Crippen LogP contribution in [0.25, 0.3) is 0 Å². The van der Waals surface area contributed by atoms with Crippen molar-refractivity contribution in [3.63, 3.8) is 0 Å². The van der Waals surface area contributed by atoms with Gasteiger partial charge < -0.3 is 10.8 Å². The first-order chi connectivity index (χ1) is 6.63. The molecule has 0 aliphatic carbocycles. The van der Waals surface area contributed by atoms with Gasteiger partial charge in [-0.2, -0.15) is 0 Å². The number of hydrogen-bond acceptors (Lipinski definition) is 2. The van der Waals surface area contributed by atoms with Crippen molar-refractivity contribution >= 4 is 0 Å². The van der Waals surface area contributed by atoms with Crippen molar-refractivity contribution in [3.05, 3.63) is 29.8 Å². The van der Waals surface area contributed by atoms with E-state index >= 15 is 0 Å². The van der Waals surface area contributed by atoms with Crippen LogP contribution in [0.4, 0.5) is 0 Å². The highest BCUT2D eigenvalue weighted by molar-refractivity contribution is 5.26. The Balaban J connectivity index is 2.56. The first-order valence-electron chi connectivity index (χ1n) is 5.17. The summed E-state index contributed by atoms with van der Waals surface area (Å²) in [5.74, 6) is 0.856. The average molecular weight is 193 g/mol. The summed E-state index contributed by atoms with van der Waals surface area (Å²) in [6, 6.07) is 7.48. The lowest BCUT2D eigenvalue weighted by Crippen LogP contribution is -2.30. The Bertz CT molecular complexity index is 268. The van der Waals surface area contributed by atoms with Crippen LogP contribution < -0.4 is 5.73 Å². The fourth-order valence-electron chi connectivity index (χ4n) is 1.41. The third kappa shape index (κ3) is 3.04. The molecule has 0 aliphatic rings. The summed E-state index contributed by atoms with van der Waals surface area (Å²) in [4.78, 5) is 0. The topological polar surface area (TPSA) is 46.2 Å². The van der Waals surface area contributed by atoms with E-state index in [2.05, 4.69) is 13.8 Å². The number of benzene rings is 1. The highest BCUT2D eigenvalue weighted by atomic mass is 16.3. The van der Waals surface area contributed by atoms with Gasteiger partial charge in [-0.25, -0.2) is 0 Å². The number of phenols is 1. The molecule has 0 amide bonds. The van der Waals surface area contributed by atoms with Crippen LogP contribution in [0, 0.1) is 5.92 Å². The molecule has 1 aromatic carbocycles. The van der Waals surface area contributed by atoms with Crippen LogP contribution in [-0.2, 0) is 6.42 Å². The Morgan fingerprint density at radius 1 is 1.29 bits per heavy atom. The summed E-state index contributed by atoms with van der Waals surface area (Å²) in [6.07, 6.45) is 1.99. The van der Waals surface area contributed by atoms with E-state index in [-0.39, 0.29) is 6.04 Å². The molecule has 2 heteroatoms. The Hall–Kier alpha value is -1.02. The molecule has 0 aromatic heterocycles.